The van der Waals surface area contributed by atoms with Crippen LogP contribution < -0.4 is 10.2 Å². The summed E-state index contributed by atoms with van der Waals surface area (Å²) in [6.07, 6.45) is 7.91. The first-order valence-electron chi connectivity index (χ1n) is 10.4. The average molecular weight is 460 g/mol. The Kier molecular flexibility index (Phi) is 5.08. The molecule has 1 spiro atoms. The molecule has 32 heavy (non-hydrogen) atoms. The summed E-state index contributed by atoms with van der Waals surface area (Å²) in [5, 5.41) is 7.18. The zero-order chi connectivity index (χ0) is 22.5. The van der Waals surface area contributed by atoms with Crippen molar-refractivity contribution in [2.45, 2.75) is 38.1 Å². The van der Waals surface area contributed by atoms with Crippen LogP contribution in [0.5, 0.6) is 0 Å². The van der Waals surface area contributed by atoms with Crippen molar-refractivity contribution in [3.63, 3.8) is 0 Å². The smallest absolute Gasteiger partial charge is 0.256 e. The van der Waals surface area contributed by atoms with E-state index in [0.717, 1.165) is 12.1 Å². The number of amides is 2. The maximum absolute atomic E-state index is 13.7. The predicted molar refractivity (Wildman–Crippen MR) is 113 cm³/mol. The molecule has 1 aliphatic carbocycles. The summed E-state index contributed by atoms with van der Waals surface area (Å²) in [6.45, 7) is 0.398. The highest BCUT2D eigenvalue weighted by Gasteiger charge is 2.49. The zero-order valence-corrected chi connectivity index (χ0v) is 17.8. The van der Waals surface area contributed by atoms with Crippen molar-refractivity contribution in [2.24, 2.45) is 5.41 Å². The number of nitrogens with one attached hydrogen (secondary N) is 1. The third kappa shape index (κ3) is 3.40. The van der Waals surface area contributed by atoms with Crippen LogP contribution in [0.3, 0.4) is 0 Å². The Balaban J connectivity index is 1.26. The number of anilines is 1. The molecule has 7 nitrogen and oxygen atoms in total. The average Bonchev–Trinajstić information content (AvgIpc) is 3.35. The summed E-state index contributed by atoms with van der Waals surface area (Å²) >= 11 is 6.09. The largest absolute Gasteiger partial charge is 0.349 e. The molecule has 3 heterocycles. The quantitative estimate of drug-likeness (QED) is 0.605. The van der Waals surface area contributed by atoms with Crippen molar-refractivity contribution < 1.29 is 18.4 Å². The van der Waals surface area contributed by atoms with E-state index in [0.29, 0.717) is 49.9 Å². The summed E-state index contributed by atoms with van der Waals surface area (Å²) in [7, 11) is 0. The molecule has 0 bridgehead atoms. The second kappa shape index (κ2) is 7.81. The number of aromatic nitrogens is 3. The molecule has 2 aliphatic rings. The molecule has 1 N–H and O–H groups in total. The molecule has 1 saturated carbocycles. The van der Waals surface area contributed by atoms with Gasteiger partial charge in [-0.1, -0.05) is 11.6 Å². The van der Waals surface area contributed by atoms with Crippen molar-refractivity contribution in [1.29, 1.82) is 0 Å². The van der Waals surface area contributed by atoms with Crippen LogP contribution in [0.2, 0.25) is 5.02 Å². The zero-order valence-electron chi connectivity index (χ0n) is 17.0. The fourth-order valence-electron chi connectivity index (χ4n) is 4.80. The summed E-state index contributed by atoms with van der Waals surface area (Å²) in [5.74, 6) is -2.45. The first-order chi connectivity index (χ1) is 15.4. The second-order valence-electron chi connectivity index (χ2n) is 8.40. The Hall–Kier alpha value is -3.07. The highest BCUT2D eigenvalue weighted by molar-refractivity contribution is 6.34. The van der Waals surface area contributed by atoms with Crippen LogP contribution in [0, 0.1) is 17.0 Å². The van der Waals surface area contributed by atoms with Gasteiger partial charge < -0.3 is 10.2 Å². The molecule has 0 atom stereocenters. The third-order valence-electron chi connectivity index (χ3n) is 6.60. The van der Waals surface area contributed by atoms with Crippen LogP contribution in [-0.2, 0) is 4.79 Å². The van der Waals surface area contributed by atoms with E-state index in [2.05, 4.69) is 15.4 Å². The lowest BCUT2D eigenvalue weighted by molar-refractivity contribution is -0.127. The van der Waals surface area contributed by atoms with Gasteiger partial charge in [-0.25, -0.2) is 18.3 Å². The van der Waals surface area contributed by atoms with E-state index in [9.17, 15) is 18.4 Å². The van der Waals surface area contributed by atoms with Gasteiger partial charge in [0.15, 0.2) is 17.3 Å². The Morgan fingerprint density at radius 1 is 1.19 bits per heavy atom. The molecule has 1 aromatic carbocycles. The Morgan fingerprint density at radius 2 is 1.94 bits per heavy atom. The molecule has 2 amide bonds. The number of hydrogen-bond acceptors (Lipinski definition) is 4. The van der Waals surface area contributed by atoms with Crippen molar-refractivity contribution in [3.8, 4) is 0 Å². The number of rotatable bonds is 3. The second-order valence-corrected chi connectivity index (χ2v) is 8.81. The Morgan fingerprint density at radius 3 is 2.72 bits per heavy atom. The summed E-state index contributed by atoms with van der Waals surface area (Å²) < 4.78 is 28.7. The minimum atomic E-state index is -1.04. The molecule has 2 aromatic heterocycles. The molecule has 3 aromatic rings. The Bertz CT molecular complexity index is 1220. The molecule has 1 aliphatic heterocycles. The summed E-state index contributed by atoms with van der Waals surface area (Å²) in [5.41, 5.74) is 0.522. The van der Waals surface area contributed by atoms with Crippen LogP contribution in [0.15, 0.2) is 36.8 Å². The minimum Gasteiger partial charge on any atom is -0.349 e. The van der Waals surface area contributed by atoms with Crippen LogP contribution in [-0.4, -0.2) is 39.0 Å². The fourth-order valence-corrected chi connectivity index (χ4v) is 5.05. The lowest BCUT2D eigenvalue weighted by Crippen LogP contribution is -2.44. The molecule has 0 radical (unpaired) electrons. The van der Waals surface area contributed by atoms with E-state index in [1.54, 1.807) is 23.0 Å². The number of carbonyl (C=O) groups excluding carboxylic acids is 2. The standard InChI is InChI=1S/C22H20ClF2N5O2/c23-15-10-16(24)17(25)11-18(15)29-9-6-22(21(29)32)4-2-13(3-5-22)28-20(31)14-12-27-30-8-1-7-26-19(14)30/h1,7-8,10-13H,2-6,9H2,(H,28,31). The minimum absolute atomic E-state index is 0.0114. The van der Waals surface area contributed by atoms with Gasteiger partial charge in [0, 0.05) is 31.0 Å². The first-order valence-corrected chi connectivity index (χ1v) is 10.8. The van der Waals surface area contributed by atoms with Crippen LogP contribution in [0.4, 0.5) is 14.5 Å². The first kappa shape index (κ1) is 20.8. The number of benzene rings is 1. The number of halogens is 3. The van der Waals surface area contributed by atoms with Gasteiger partial charge in [-0.05, 0) is 44.2 Å². The van der Waals surface area contributed by atoms with E-state index in [1.165, 1.54) is 11.1 Å². The van der Waals surface area contributed by atoms with Crippen molar-refractivity contribution in [3.05, 3.63) is 59.0 Å². The molecular weight excluding hydrogens is 440 g/mol. The third-order valence-corrected chi connectivity index (χ3v) is 6.90. The number of nitrogens with zero attached hydrogens (tertiary/aromatic N) is 4. The lowest BCUT2D eigenvalue weighted by atomic mass is 9.71. The van der Waals surface area contributed by atoms with Crippen LogP contribution in [0.25, 0.3) is 5.65 Å². The maximum atomic E-state index is 13.7. The van der Waals surface area contributed by atoms with E-state index in [1.807, 2.05) is 0 Å². The van der Waals surface area contributed by atoms with Gasteiger partial charge in [0.25, 0.3) is 5.91 Å². The van der Waals surface area contributed by atoms with Gasteiger partial charge in [0.1, 0.15) is 5.56 Å². The van der Waals surface area contributed by atoms with Gasteiger partial charge in [-0.3, -0.25) is 9.59 Å². The highest BCUT2D eigenvalue weighted by Crippen LogP contribution is 2.47. The van der Waals surface area contributed by atoms with Gasteiger partial charge in [0.05, 0.1) is 22.3 Å². The summed E-state index contributed by atoms with van der Waals surface area (Å²) in [4.78, 5) is 31.6. The van der Waals surface area contributed by atoms with E-state index in [4.69, 9.17) is 11.6 Å². The van der Waals surface area contributed by atoms with Crippen LogP contribution in [0.1, 0.15) is 42.5 Å². The topological polar surface area (TPSA) is 79.6 Å². The van der Waals surface area contributed by atoms with Gasteiger partial charge in [-0.15, -0.1) is 0 Å². The Labute approximate surface area is 187 Å². The fraction of sp³-hybridized carbons (Fsp3) is 0.364. The van der Waals surface area contributed by atoms with Gasteiger partial charge in [0.2, 0.25) is 5.91 Å². The number of fused-ring (bicyclic) bond motifs is 1. The van der Waals surface area contributed by atoms with Crippen molar-refractivity contribution in [1.82, 2.24) is 19.9 Å². The number of carbonyl (C=O) groups is 2. The molecule has 5 rings (SSSR count). The van der Waals surface area contributed by atoms with E-state index in [-0.39, 0.29) is 28.6 Å². The highest BCUT2D eigenvalue weighted by atomic mass is 35.5. The summed E-state index contributed by atoms with van der Waals surface area (Å²) in [6, 6.07) is 3.54. The molecule has 0 unspecified atom stereocenters. The monoisotopic (exact) mass is 459 g/mol. The van der Waals surface area contributed by atoms with E-state index < -0.39 is 17.0 Å². The molecule has 10 heteroatoms. The van der Waals surface area contributed by atoms with Crippen molar-refractivity contribution in [2.75, 3.05) is 11.4 Å². The lowest BCUT2D eigenvalue weighted by Gasteiger charge is -2.36. The number of hydrogen-bond donors (Lipinski definition) is 1. The predicted octanol–water partition coefficient (Wildman–Crippen LogP) is 3.76. The molecule has 1 saturated heterocycles. The molecule has 166 valence electrons. The van der Waals surface area contributed by atoms with Crippen molar-refractivity contribution >= 4 is 34.7 Å². The normalized spacial score (nSPS) is 23.3. The van der Waals surface area contributed by atoms with Crippen LogP contribution >= 0.6 is 11.6 Å². The molecule has 2 fully saturated rings. The van der Waals surface area contributed by atoms with Gasteiger partial charge in [-0.2, -0.15) is 5.10 Å². The van der Waals surface area contributed by atoms with Gasteiger partial charge >= 0.3 is 0 Å². The maximum Gasteiger partial charge on any atom is 0.256 e. The van der Waals surface area contributed by atoms with E-state index >= 15 is 0 Å². The SMILES string of the molecule is O=C(NC1CCC2(CC1)CCN(c1cc(F)c(F)cc1Cl)C2=O)c1cnn2cccnc12. The molecular formula is C22H20ClF2N5O2.